The number of nitrogens with zero attached hydrogens (tertiary/aromatic N) is 1. The summed E-state index contributed by atoms with van der Waals surface area (Å²) in [6, 6.07) is 2.93. The molecule has 0 heterocycles. The van der Waals surface area contributed by atoms with Crippen LogP contribution >= 0.6 is 12.2 Å². The zero-order valence-corrected chi connectivity index (χ0v) is 10.1. The Bertz CT molecular complexity index is 465. The van der Waals surface area contributed by atoms with Gasteiger partial charge in [-0.05, 0) is 35.5 Å². The third kappa shape index (κ3) is 6.35. The van der Waals surface area contributed by atoms with Crippen LogP contribution in [0.2, 0.25) is 0 Å². The van der Waals surface area contributed by atoms with Gasteiger partial charge in [-0.15, -0.1) is 0 Å². The summed E-state index contributed by atoms with van der Waals surface area (Å²) in [6.07, 6.45) is -11.7. The smallest absolute Gasteiger partial charge is 0.195 e. The predicted molar refractivity (Wildman–Crippen MR) is 60.6 cm³/mol. The van der Waals surface area contributed by atoms with E-state index in [1.165, 1.54) is 0 Å². The van der Waals surface area contributed by atoms with Crippen LogP contribution in [0.3, 0.4) is 0 Å². The topological polar surface area (TPSA) is 12.4 Å². The average Bonchev–Trinajstić information content (AvgIpc) is 2.11. The van der Waals surface area contributed by atoms with Gasteiger partial charge in [0.1, 0.15) is 0 Å². The minimum atomic E-state index is -4.50. The van der Waals surface area contributed by atoms with Gasteiger partial charge in [0.15, 0.2) is 0 Å². The number of hydrogen-bond acceptors (Lipinski definition) is 2. The Hall–Kier alpha value is -1.40. The van der Waals surface area contributed by atoms with Crippen LogP contribution in [0.4, 0.5) is 32.0 Å². The minimum absolute atomic E-state index is 0.0731. The van der Waals surface area contributed by atoms with Gasteiger partial charge in [-0.3, -0.25) is 0 Å². The van der Waals surface area contributed by atoms with E-state index in [0.29, 0.717) is 0 Å². The first-order valence-corrected chi connectivity index (χ1v) is 5.34. The SMILES string of the molecule is FC(F)(F)Cc1cc(CC(F)(F)F)cc(N=C=S)c1. The van der Waals surface area contributed by atoms with E-state index in [1.807, 2.05) is 5.16 Å². The third-order valence-electron chi connectivity index (χ3n) is 2.02. The standard InChI is InChI=1S/C11H7F6NS/c12-10(13,14)4-7-1-8(5-11(15,16)17)3-9(2-7)18-6-19/h1-3H,4-5H2. The lowest BCUT2D eigenvalue weighted by molar-refractivity contribution is -0.127. The first-order chi connectivity index (χ1) is 8.59. The number of benzene rings is 1. The Morgan fingerprint density at radius 1 is 0.895 bits per heavy atom. The molecule has 0 amide bonds. The van der Waals surface area contributed by atoms with Gasteiger partial charge in [-0.25, -0.2) is 0 Å². The minimum Gasteiger partial charge on any atom is -0.195 e. The Balaban J connectivity index is 3.14. The molecule has 8 heteroatoms. The molecule has 0 saturated heterocycles. The summed E-state index contributed by atoms with van der Waals surface area (Å²) in [7, 11) is 0. The number of thiocarbonyl (C=S) groups is 1. The average molecular weight is 299 g/mol. The van der Waals surface area contributed by atoms with Crippen LogP contribution in [-0.2, 0) is 12.8 Å². The molecule has 0 atom stereocenters. The number of alkyl halides is 6. The molecular weight excluding hydrogens is 292 g/mol. The van der Waals surface area contributed by atoms with Crippen LogP contribution in [-0.4, -0.2) is 17.5 Å². The van der Waals surface area contributed by atoms with E-state index >= 15 is 0 Å². The van der Waals surface area contributed by atoms with Gasteiger partial charge in [0, 0.05) is 0 Å². The van der Waals surface area contributed by atoms with Gasteiger partial charge in [-0.1, -0.05) is 6.07 Å². The van der Waals surface area contributed by atoms with Gasteiger partial charge in [0.05, 0.1) is 23.7 Å². The molecule has 1 nitrogen and oxygen atoms in total. The first kappa shape index (κ1) is 15.7. The third-order valence-corrected chi connectivity index (χ3v) is 2.11. The van der Waals surface area contributed by atoms with Gasteiger partial charge in [0.2, 0.25) is 0 Å². The van der Waals surface area contributed by atoms with Gasteiger partial charge >= 0.3 is 12.4 Å². The highest BCUT2D eigenvalue weighted by atomic mass is 32.1. The zero-order chi connectivity index (χ0) is 14.7. The summed E-state index contributed by atoms with van der Waals surface area (Å²) < 4.78 is 73.4. The number of isothiocyanates is 1. The number of halogens is 6. The molecule has 0 aromatic heterocycles. The van der Waals surface area contributed by atoms with Crippen LogP contribution in [0.5, 0.6) is 0 Å². The fourth-order valence-electron chi connectivity index (χ4n) is 1.53. The highest BCUT2D eigenvalue weighted by Crippen LogP contribution is 2.28. The van der Waals surface area contributed by atoms with Gasteiger partial charge in [-0.2, -0.15) is 31.3 Å². The zero-order valence-electron chi connectivity index (χ0n) is 9.27. The molecule has 0 radical (unpaired) electrons. The van der Waals surface area contributed by atoms with Crippen molar-refractivity contribution in [2.75, 3.05) is 0 Å². The Kier molecular flexibility index (Phi) is 4.70. The maximum absolute atomic E-state index is 12.2. The Labute approximate surface area is 110 Å². The van der Waals surface area contributed by atoms with Crippen LogP contribution in [0.1, 0.15) is 11.1 Å². The summed E-state index contributed by atoms with van der Waals surface area (Å²) in [5, 5.41) is 1.91. The summed E-state index contributed by atoms with van der Waals surface area (Å²) in [5.41, 5.74) is -0.660. The van der Waals surface area contributed by atoms with E-state index in [2.05, 4.69) is 17.2 Å². The highest BCUT2D eigenvalue weighted by Gasteiger charge is 2.30. The van der Waals surface area contributed by atoms with Crippen molar-refractivity contribution < 1.29 is 26.3 Å². The van der Waals surface area contributed by atoms with Crippen molar-refractivity contribution in [2.24, 2.45) is 4.99 Å². The molecular formula is C11H7F6NS. The van der Waals surface area contributed by atoms with Crippen LogP contribution in [0, 0.1) is 0 Å². The fraction of sp³-hybridized carbons (Fsp3) is 0.364. The number of hydrogen-bond donors (Lipinski definition) is 0. The quantitative estimate of drug-likeness (QED) is 0.450. The molecule has 104 valence electrons. The molecule has 0 aliphatic carbocycles. The van der Waals surface area contributed by atoms with Gasteiger partial charge < -0.3 is 0 Å². The molecule has 0 spiro atoms. The van der Waals surface area contributed by atoms with Gasteiger partial charge in [0.25, 0.3) is 0 Å². The van der Waals surface area contributed by atoms with Crippen molar-refractivity contribution in [3.8, 4) is 0 Å². The summed E-state index contributed by atoms with van der Waals surface area (Å²) in [5.74, 6) is 0. The number of aliphatic imine (C=N–C) groups is 1. The molecule has 0 unspecified atom stereocenters. The second-order valence-electron chi connectivity index (χ2n) is 3.79. The van der Waals surface area contributed by atoms with Crippen molar-refractivity contribution in [2.45, 2.75) is 25.2 Å². The van der Waals surface area contributed by atoms with E-state index in [4.69, 9.17) is 0 Å². The maximum Gasteiger partial charge on any atom is 0.393 e. The highest BCUT2D eigenvalue weighted by molar-refractivity contribution is 7.78. The van der Waals surface area contributed by atoms with E-state index in [1.54, 1.807) is 0 Å². The predicted octanol–water partition coefficient (Wildman–Crippen LogP) is 4.63. The normalized spacial score (nSPS) is 12.1. The molecule has 0 saturated carbocycles. The van der Waals surface area contributed by atoms with Crippen molar-refractivity contribution in [1.82, 2.24) is 0 Å². The molecule has 1 aromatic carbocycles. The maximum atomic E-state index is 12.2. The number of rotatable bonds is 3. The molecule has 0 aliphatic heterocycles. The second-order valence-corrected chi connectivity index (χ2v) is 3.98. The molecule has 1 aromatic rings. The van der Waals surface area contributed by atoms with E-state index < -0.39 is 25.2 Å². The Morgan fingerprint density at radius 3 is 1.63 bits per heavy atom. The summed E-state index contributed by atoms with van der Waals surface area (Å²) >= 11 is 4.28. The van der Waals surface area contributed by atoms with E-state index in [9.17, 15) is 26.3 Å². The molecule has 0 N–H and O–H groups in total. The van der Waals surface area contributed by atoms with Crippen LogP contribution in [0.25, 0.3) is 0 Å². The lowest BCUT2D eigenvalue weighted by Crippen LogP contribution is -2.14. The van der Waals surface area contributed by atoms with Crippen molar-refractivity contribution in [1.29, 1.82) is 0 Å². The van der Waals surface area contributed by atoms with Crippen molar-refractivity contribution in [3.05, 3.63) is 29.3 Å². The lowest BCUT2D eigenvalue weighted by Gasteiger charge is -2.11. The second kappa shape index (κ2) is 5.71. The van der Waals surface area contributed by atoms with Crippen molar-refractivity contribution >= 4 is 23.1 Å². The largest absolute Gasteiger partial charge is 0.393 e. The summed E-state index contributed by atoms with van der Waals surface area (Å²) in [4.78, 5) is 3.42. The van der Waals surface area contributed by atoms with E-state index in [-0.39, 0.29) is 16.8 Å². The molecule has 0 fully saturated rings. The molecule has 0 aliphatic rings. The molecule has 1 rings (SSSR count). The molecule has 19 heavy (non-hydrogen) atoms. The monoisotopic (exact) mass is 299 g/mol. The summed E-state index contributed by atoms with van der Waals surface area (Å²) in [6.45, 7) is 0. The first-order valence-electron chi connectivity index (χ1n) is 4.93. The molecule has 0 bridgehead atoms. The van der Waals surface area contributed by atoms with Crippen molar-refractivity contribution in [3.63, 3.8) is 0 Å². The fourth-order valence-corrected chi connectivity index (χ4v) is 1.63. The van der Waals surface area contributed by atoms with Crippen LogP contribution in [0.15, 0.2) is 23.2 Å². The Morgan fingerprint density at radius 2 is 1.32 bits per heavy atom. The van der Waals surface area contributed by atoms with Crippen LogP contribution < -0.4 is 0 Å². The lowest BCUT2D eigenvalue weighted by atomic mass is 10.0. The van der Waals surface area contributed by atoms with E-state index in [0.717, 1.165) is 18.2 Å².